The number of thioether (sulfide) groups is 1. The molecule has 0 aromatic heterocycles. The van der Waals surface area contributed by atoms with Crippen LogP contribution in [0.15, 0.2) is 47.4 Å². The van der Waals surface area contributed by atoms with Crippen LogP contribution in [0.1, 0.15) is 16.7 Å². The van der Waals surface area contributed by atoms with Gasteiger partial charge in [0.25, 0.3) is 0 Å². The van der Waals surface area contributed by atoms with Gasteiger partial charge >= 0.3 is 5.97 Å². The number of hydrogen-bond acceptors (Lipinski definition) is 2. The minimum Gasteiger partial charge on any atom is -0.480 e. The molecule has 0 fully saturated rings. The summed E-state index contributed by atoms with van der Waals surface area (Å²) in [4.78, 5) is 12.5. The third-order valence-electron chi connectivity index (χ3n) is 3.40. The number of carboxylic acid groups (broad SMARTS) is 1. The van der Waals surface area contributed by atoms with E-state index in [1.54, 1.807) is 12.1 Å². The second-order valence-electron chi connectivity index (χ2n) is 4.97. The summed E-state index contributed by atoms with van der Waals surface area (Å²) in [7, 11) is 0. The Kier molecular flexibility index (Phi) is 5.32. The topological polar surface area (TPSA) is 37.3 Å². The van der Waals surface area contributed by atoms with Crippen molar-refractivity contribution in [1.82, 2.24) is 0 Å². The quantitative estimate of drug-likeness (QED) is 0.808. The summed E-state index contributed by atoms with van der Waals surface area (Å²) in [6.45, 7) is 4.04. The molecule has 0 aliphatic carbocycles. The number of benzene rings is 2. The van der Waals surface area contributed by atoms with Gasteiger partial charge in [-0.3, -0.25) is 4.79 Å². The maximum atomic E-state index is 11.6. The van der Waals surface area contributed by atoms with Gasteiger partial charge in [-0.05, 0) is 61.2 Å². The van der Waals surface area contributed by atoms with Crippen LogP contribution in [0.4, 0.5) is 0 Å². The average molecular weight is 321 g/mol. The van der Waals surface area contributed by atoms with Crippen molar-refractivity contribution in [3.8, 4) is 0 Å². The maximum Gasteiger partial charge on any atom is 0.317 e. The Bertz CT molecular complexity index is 617. The molecule has 0 aliphatic rings. The van der Waals surface area contributed by atoms with Crippen molar-refractivity contribution >= 4 is 29.3 Å². The lowest BCUT2D eigenvalue weighted by Crippen LogP contribution is -2.20. The van der Waals surface area contributed by atoms with Crippen LogP contribution in [0.25, 0.3) is 0 Å². The Morgan fingerprint density at radius 2 is 1.71 bits per heavy atom. The van der Waals surface area contributed by atoms with Gasteiger partial charge in [0.05, 0.1) is 0 Å². The highest BCUT2D eigenvalue weighted by Crippen LogP contribution is 2.29. The summed E-state index contributed by atoms with van der Waals surface area (Å²) in [5.74, 6) is -0.794. The molecular formula is C17H17ClO2S. The Morgan fingerprint density at radius 3 is 2.24 bits per heavy atom. The Morgan fingerprint density at radius 1 is 1.14 bits per heavy atom. The van der Waals surface area contributed by atoms with Crippen LogP contribution < -0.4 is 0 Å². The first-order chi connectivity index (χ1) is 9.97. The van der Waals surface area contributed by atoms with Crippen molar-refractivity contribution in [3.63, 3.8) is 0 Å². The summed E-state index contributed by atoms with van der Waals surface area (Å²) in [6, 6.07) is 13.3. The van der Waals surface area contributed by atoms with E-state index >= 15 is 0 Å². The molecule has 4 heteroatoms. The number of hydrogen-bond donors (Lipinski definition) is 1. The minimum absolute atomic E-state index is 0.508. The molecule has 0 aliphatic heterocycles. The van der Waals surface area contributed by atoms with E-state index < -0.39 is 11.2 Å². The fraction of sp³-hybridized carbons (Fsp3) is 0.235. The molecule has 0 heterocycles. The number of aryl methyl sites for hydroxylation is 2. The second-order valence-corrected chi connectivity index (χ2v) is 6.69. The van der Waals surface area contributed by atoms with Crippen LogP contribution in [0.3, 0.4) is 0 Å². The SMILES string of the molecule is Cc1cccc(C)c1CC(Sc1ccc(Cl)cc1)C(=O)O. The molecule has 0 saturated heterocycles. The predicted octanol–water partition coefficient (Wildman–Crippen LogP) is 4.74. The van der Waals surface area contributed by atoms with E-state index in [4.69, 9.17) is 11.6 Å². The zero-order chi connectivity index (χ0) is 15.4. The van der Waals surface area contributed by atoms with Crippen LogP contribution in [0, 0.1) is 13.8 Å². The van der Waals surface area contributed by atoms with Crippen molar-refractivity contribution in [1.29, 1.82) is 0 Å². The maximum absolute atomic E-state index is 11.6. The highest BCUT2D eigenvalue weighted by molar-refractivity contribution is 8.00. The summed E-state index contributed by atoms with van der Waals surface area (Å²) in [5.41, 5.74) is 3.39. The molecule has 0 amide bonds. The third kappa shape index (κ3) is 4.26. The molecule has 2 aromatic rings. The largest absolute Gasteiger partial charge is 0.480 e. The van der Waals surface area contributed by atoms with Crippen LogP contribution in [-0.2, 0) is 11.2 Å². The lowest BCUT2D eigenvalue weighted by atomic mass is 9.98. The van der Waals surface area contributed by atoms with E-state index in [1.165, 1.54) is 11.8 Å². The first kappa shape index (κ1) is 15.9. The lowest BCUT2D eigenvalue weighted by molar-refractivity contribution is -0.136. The van der Waals surface area contributed by atoms with Crippen molar-refractivity contribution in [2.45, 2.75) is 30.4 Å². The smallest absolute Gasteiger partial charge is 0.317 e. The summed E-state index contributed by atoms with van der Waals surface area (Å²) in [6.07, 6.45) is 0.515. The summed E-state index contributed by atoms with van der Waals surface area (Å²) < 4.78 is 0. The molecule has 1 N–H and O–H groups in total. The number of aliphatic carboxylic acids is 1. The van der Waals surface area contributed by atoms with E-state index in [9.17, 15) is 9.90 Å². The third-order valence-corrected chi connectivity index (χ3v) is 4.85. The van der Waals surface area contributed by atoms with Crippen LogP contribution in [-0.4, -0.2) is 16.3 Å². The summed E-state index contributed by atoms with van der Waals surface area (Å²) in [5, 5.41) is 9.63. The van der Waals surface area contributed by atoms with Gasteiger partial charge in [0.1, 0.15) is 5.25 Å². The van der Waals surface area contributed by atoms with Gasteiger partial charge in [0.15, 0.2) is 0 Å². The van der Waals surface area contributed by atoms with Gasteiger partial charge in [-0.15, -0.1) is 11.8 Å². The first-order valence-corrected chi connectivity index (χ1v) is 7.93. The van der Waals surface area contributed by atoms with E-state index in [0.29, 0.717) is 11.4 Å². The second kappa shape index (κ2) is 7.01. The minimum atomic E-state index is -0.794. The molecule has 2 rings (SSSR count). The molecule has 1 unspecified atom stereocenters. The monoisotopic (exact) mass is 320 g/mol. The molecule has 2 nitrogen and oxygen atoms in total. The van der Waals surface area contributed by atoms with Gasteiger partial charge in [0, 0.05) is 9.92 Å². The van der Waals surface area contributed by atoms with Gasteiger partial charge in [0.2, 0.25) is 0 Å². The summed E-state index contributed by atoms with van der Waals surface area (Å²) >= 11 is 7.22. The molecular weight excluding hydrogens is 304 g/mol. The zero-order valence-corrected chi connectivity index (χ0v) is 13.5. The lowest BCUT2D eigenvalue weighted by Gasteiger charge is -2.16. The zero-order valence-electron chi connectivity index (χ0n) is 12.0. The molecule has 1 atom stereocenters. The van der Waals surface area contributed by atoms with Crippen molar-refractivity contribution < 1.29 is 9.90 Å². The molecule has 0 spiro atoms. The number of carboxylic acids is 1. The predicted molar refractivity (Wildman–Crippen MR) is 88.4 cm³/mol. The number of rotatable bonds is 5. The highest BCUT2D eigenvalue weighted by Gasteiger charge is 2.21. The average Bonchev–Trinajstić information content (AvgIpc) is 2.43. The van der Waals surface area contributed by atoms with Crippen LogP contribution >= 0.6 is 23.4 Å². The van der Waals surface area contributed by atoms with Crippen LogP contribution in [0.5, 0.6) is 0 Å². The van der Waals surface area contributed by atoms with Gasteiger partial charge in [-0.25, -0.2) is 0 Å². The fourth-order valence-corrected chi connectivity index (χ4v) is 3.31. The fourth-order valence-electron chi connectivity index (χ4n) is 2.21. The molecule has 21 heavy (non-hydrogen) atoms. The van der Waals surface area contributed by atoms with Gasteiger partial charge < -0.3 is 5.11 Å². The highest BCUT2D eigenvalue weighted by atomic mass is 35.5. The van der Waals surface area contributed by atoms with Crippen molar-refractivity contribution in [2.24, 2.45) is 0 Å². The Labute approximate surface area is 134 Å². The van der Waals surface area contributed by atoms with Crippen LogP contribution in [0.2, 0.25) is 5.02 Å². The van der Waals surface area contributed by atoms with E-state index in [1.807, 2.05) is 44.2 Å². The molecule has 0 radical (unpaired) electrons. The molecule has 0 bridgehead atoms. The molecule has 110 valence electrons. The molecule has 2 aromatic carbocycles. The number of carbonyl (C=O) groups is 1. The van der Waals surface area contributed by atoms with Crippen molar-refractivity contribution in [3.05, 3.63) is 64.2 Å². The normalized spacial score (nSPS) is 12.1. The van der Waals surface area contributed by atoms with Gasteiger partial charge in [-0.2, -0.15) is 0 Å². The Hall–Kier alpha value is -1.45. The van der Waals surface area contributed by atoms with E-state index in [-0.39, 0.29) is 0 Å². The molecule has 0 saturated carbocycles. The number of halogens is 1. The standard InChI is InChI=1S/C17H17ClO2S/c1-11-4-3-5-12(2)15(11)10-16(17(19)20)21-14-8-6-13(18)7-9-14/h3-9,16H,10H2,1-2H3,(H,19,20). The van der Waals surface area contributed by atoms with E-state index in [2.05, 4.69) is 0 Å². The van der Waals surface area contributed by atoms with Gasteiger partial charge in [-0.1, -0.05) is 29.8 Å². The Balaban J connectivity index is 2.20. The first-order valence-electron chi connectivity index (χ1n) is 6.67. The van der Waals surface area contributed by atoms with Crippen molar-refractivity contribution in [2.75, 3.05) is 0 Å². The van der Waals surface area contributed by atoms with E-state index in [0.717, 1.165) is 21.6 Å².